The molecule has 2 nitrogen and oxygen atoms in total. The van der Waals surface area contributed by atoms with Crippen molar-refractivity contribution < 1.29 is 0 Å². The van der Waals surface area contributed by atoms with Crippen LogP contribution in [0.2, 0.25) is 0 Å². The van der Waals surface area contributed by atoms with Crippen LogP contribution in [0.25, 0.3) is 0 Å². The van der Waals surface area contributed by atoms with Crippen molar-refractivity contribution >= 4 is 0 Å². The Hall–Kier alpha value is -0.860. The van der Waals surface area contributed by atoms with Gasteiger partial charge in [-0.1, -0.05) is 58.4 Å². The van der Waals surface area contributed by atoms with E-state index in [2.05, 4.69) is 62.2 Å². The molecular formula is C19H32N2. The fourth-order valence-electron chi connectivity index (χ4n) is 3.56. The van der Waals surface area contributed by atoms with Crippen molar-refractivity contribution in [3.05, 3.63) is 35.4 Å². The standard InChI is InChI=1S/C19H32N2/c1-5-9-18-14-21(19(12-20-18)15(3)4)13-17-11-8-7-10-16(17)6-2/h7-8,10-11,15,18-20H,5-6,9,12-14H2,1-4H3. The lowest BCUT2D eigenvalue weighted by atomic mass is 9.95. The number of hydrogen-bond acceptors (Lipinski definition) is 2. The molecule has 1 aromatic carbocycles. The van der Waals surface area contributed by atoms with Gasteiger partial charge in [-0.25, -0.2) is 0 Å². The van der Waals surface area contributed by atoms with Gasteiger partial charge in [-0.2, -0.15) is 0 Å². The van der Waals surface area contributed by atoms with E-state index in [1.807, 2.05) is 0 Å². The van der Waals surface area contributed by atoms with Crippen LogP contribution >= 0.6 is 0 Å². The Labute approximate surface area is 130 Å². The molecule has 2 unspecified atom stereocenters. The van der Waals surface area contributed by atoms with Crippen molar-refractivity contribution in [2.75, 3.05) is 13.1 Å². The molecule has 0 aliphatic carbocycles. The van der Waals surface area contributed by atoms with Crippen LogP contribution in [0.3, 0.4) is 0 Å². The number of nitrogens with one attached hydrogen (secondary N) is 1. The Balaban J connectivity index is 2.12. The second kappa shape index (κ2) is 7.95. The molecule has 1 aromatic rings. The van der Waals surface area contributed by atoms with Crippen LogP contribution in [-0.2, 0) is 13.0 Å². The summed E-state index contributed by atoms with van der Waals surface area (Å²) in [7, 11) is 0. The van der Waals surface area contributed by atoms with Crippen molar-refractivity contribution in [2.45, 2.75) is 65.6 Å². The van der Waals surface area contributed by atoms with E-state index in [1.54, 1.807) is 0 Å². The van der Waals surface area contributed by atoms with Crippen molar-refractivity contribution in [2.24, 2.45) is 5.92 Å². The van der Waals surface area contributed by atoms with Crippen LogP contribution in [0.1, 0.15) is 51.7 Å². The Morgan fingerprint density at radius 2 is 1.90 bits per heavy atom. The fourth-order valence-corrected chi connectivity index (χ4v) is 3.56. The molecule has 0 spiro atoms. The first-order valence-corrected chi connectivity index (χ1v) is 8.69. The van der Waals surface area contributed by atoms with E-state index in [0.29, 0.717) is 18.0 Å². The smallest absolute Gasteiger partial charge is 0.0247 e. The number of hydrogen-bond donors (Lipinski definition) is 1. The molecule has 0 amide bonds. The lowest BCUT2D eigenvalue weighted by molar-refractivity contribution is 0.0883. The van der Waals surface area contributed by atoms with E-state index in [0.717, 1.165) is 19.5 Å². The number of nitrogens with zero attached hydrogens (tertiary/aromatic N) is 1. The van der Waals surface area contributed by atoms with Crippen LogP contribution in [0.15, 0.2) is 24.3 Å². The number of benzene rings is 1. The molecule has 0 aromatic heterocycles. The minimum atomic E-state index is 0.656. The third-order valence-corrected chi connectivity index (χ3v) is 4.82. The third kappa shape index (κ3) is 4.31. The first kappa shape index (κ1) is 16.5. The van der Waals surface area contributed by atoms with Crippen molar-refractivity contribution in [1.29, 1.82) is 0 Å². The molecule has 0 radical (unpaired) electrons. The van der Waals surface area contributed by atoms with Gasteiger partial charge in [0.2, 0.25) is 0 Å². The lowest BCUT2D eigenvalue weighted by Gasteiger charge is -2.42. The van der Waals surface area contributed by atoms with E-state index in [9.17, 15) is 0 Å². The summed E-state index contributed by atoms with van der Waals surface area (Å²) in [5.41, 5.74) is 3.02. The number of aryl methyl sites for hydroxylation is 1. The van der Waals surface area contributed by atoms with Gasteiger partial charge in [0.1, 0.15) is 0 Å². The van der Waals surface area contributed by atoms with Gasteiger partial charge in [0.05, 0.1) is 0 Å². The fraction of sp³-hybridized carbons (Fsp3) is 0.684. The molecular weight excluding hydrogens is 256 g/mol. The molecule has 2 heteroatoms. The van der Waals surface area contributed by atoms with Gasteiger partial charge in [-0.3, -0.25) is 4.90 Å². The first-order chi connectivity index (χ1) is 10.2. The average molecular weight is 288 g/mol. The summed E-state index contributed by atoms with van der Waals surface area (Å²) in [4.78, 5) is 2.72. The molecule has 1 fully saturated rings. The second-order valence-corrected chi connectivity index (χ2v) is 6.76. The minimum absolute atomic E-state index is 0.656. The molecule has 0 saturated carbocycles. The highest BCUT2D eigenvalue weighted by Crippen LogP contribution is 2.21. The van der Waals surface area contributed by atoms with E-state index >= 15 is 0 Å². The Morgan fingerprint density at radius 3 is 2.52 bits per heavy atom. The van der Waals surface area contributed by atoms with Gasteiger partial charge in [0.15, 0.2) is 0 Å². The van der Waals surface area contributed by atoms with Crippen molar-refractivity contribution in [3.8, 4) is 0 Å². The van der Waals surface area contributed by atoms with Crippen LogP contribution in [0, 0.1) is 5.92 Å². The van der Waals surface area contributed by atoms with Crippen molar-refractivity contribution in [1.82, 2.24) is 10.2 Å². The summed E-state index contributed by atoms with van der Waals surface area (Å²) in [6, 6.07) is 10.3. The maximum atomic E-state index is 3.75. The Kier molecular flexibility index (Phi) is 6.25. The molecule has 1 N–H and O–H groups in total. The SMILES string of the molecule is CCCC1CN(Cc2ccccc2CC)C(C(C)C)CN1. The molecule has 0 bridgehead atoms. The maximum absolute atomic E-state index is 3.75. The van der Waals surface area contributed by atoms with Crippen LogP contribution < -0.4 is 5.32 Å². The Bertz CT molecular complexity index is 427. The zero-order valence-electron chi connectivity index (χ0n) is 14.2. The molecule has 1 heterocycles. The summed E-state index contributed by atoms with van der Waals surface area (Å²) >= 11 is 0. The molecule has 1 aliphatic rings. The molecule has 1 saturated heterocycles. The van der Waals surface area contributed by atoms with Gasteiger partial charge in [0.25, 0.3) is 0 Å². The van der Waals surface area contributed by atoms with Gasteiger partial charge < -0.3 is 5.32 Å². The average Bonchev–Trinajstić information content (AvgIpc) is 2.48. The quantitative estimate of drug-likeness (QED) is 0.855. The molecule has 118 valence electrons. The first-order valence-electron chi connectivity index (χ1n) is 8.69. The summed E-state index contributed by atoms with van der Waals surface area (Å²) in [6.07, 6.45) is 3.69. The second-order valence-electron chi connectivity index (χ2n) is 6.76. The molecule has 21 heavy (non-hydrogen) atoms. The summed E-state index contributed by atoms with van der Waals surface area (Å²) < 4.78 is 0. The molecule has 2 atom stereocenters. The van der Waals surface area contributed by atoms with Gasteiger partial charge >= 0.3 is 0 Å². The van der Waals surface area contributed by atoms with Crippen LogP contribution in [0.4, 0.5) is 0 Å². The summed E-state index contributed by atoms with van der Waals surface area (Å²) in [6.45, 7) is 12.7. The highest BCUT2D eigenvalue weighted by molar-refractivity contribution is 5.27. The monoisotopic (exact) mass is 288 g/mol. The maximum Gasteiger partial charge on any atom is 0.0247 e. The third-order valence-electron chi connectivity index (χ3n) is 4.82. The predicted octanol–water partition coefficient (Wildman–Crippen LogP) is 3.85. The van der Waals surface area contributed by atoms with E-state index in [-0.39, 0.29) is 0 Å². The van der Waals surface area contributed by atoms with Gasteiger partial charge in [-0.05, 0) is 29.9 Å². The lowest BCUT2D eigenvalue weighted by Crippen LogP contribution is -2.57. The molecule has 2 rings (SSSR count). The van der Waals surface area contributed by atoms with Crippen molar-refractivity contribution in [3.63, 3.8) is 0 Å². The minimum Gasteiger partial charge on any atom is -0.311 e. The zero-order valence-corrected chi connectivity index (χ0v) is 14.2. The normalized spacial score (nSPS) is 23.7. The van der Waals surface area contributed by atoms with E-state index in [4.69, 9.17) is 0 Å². The van der Waals surface area contributed by atoms with Crippen LogP contribution in [-0.4, -0.2) is 30.1 Å². The highest BCUT2D eigenvalue weighted by atomic mass is 15.2. The topological polar surface area (TPSA) is 15.3 Å². The number of piperazine rings is 1. The van der Waals surface area contributed by atoms with Gasteiger partial charge in [0, 0.05) is 31.7 Å². The van der Waals surface area contributed by atoms with E-state index < -0.39 is 0 Å². The predicted molar refractivity (Wildman–Crippen MR) is 91.6 cm³/mol. The van der Waals surface area contributed by atoms with E-state index in [1.165, 1.54) is 30.5 Å². The zero-order chi connectivity index (χ0) is 15.2. The van der Waals surface area contributed by atoms with Crippen LogP contribution in [0.5, 0.6) is 0 Å². The number of rotatable bonds is 6. The van der Waals surface area contributed by atoms with Gasteiger partial charge in [-0.15, -0.1) is 0 Å². The summed E-state index contributed by atoms with van der Waals surface area (Å²) in [5.74, 6) is 0.703. The Morgan fingerprint density at radius 1 is 1.19 bits per heavy atom. The molecule has 1 aliphatic heterocycles. The highest BCUT2D eigenvalue weighted by Gasteiger charge is 2.29. The summed E-state index contributed by atoms with van der Waals surface area (Å²) in [5, 5.41) is 3.75. The largest absolute Gasteiger partial charge is 0.311 e.